The number of rotatable bonds is 2. The zero-order chi connectivity index (χ0) is 10.8. The summed E-state index contributed by atoms with van der Waals surface area (Å²) < 4.78 is 12.7. The van der Waals surface area contributed by atoms with Crippen LogP contribution in [0.1, 0.15) is 0 Å². The molecule has 1 aromatic carbocycles. The van der Waals surface area contributed by atoms with E-state index in [2.05, 4.69) is 5.32 Å². The second-order valence-corrected chi connectivity index (χ2v) is 3.73. The molecule has 1 aliphatic heterocycles. The maximum atomic E-state index is 12.7. The number of anilines is 1. The summed E-state index contributed by atoms with van der Waals surface area (Å²) in [5.41, 5.74) is 0.730. The third kappa shape index (κ3) is 1.99. The Morgan fingerprint density at radius 3 is 2.47 bits per heavy atom. The normalized spacial score (nSPS) is 15.9. The van der Waals surface area contributed by atoms with Crippen molar-refractivity contribution in [3.63, 3.8) is 0 Å². The van der Waals surface area contributed by atoms with Gasteiger partial charge in [-0.05, 0) is 24.3 Å². The van der Waals surface area contributed by atoms with Crippen molar-refractivity contribution in [1.29, 1.82) is 0 Å². The maximum Gasteiger partial charge on any atom is 0.232 e. The number of halogens is 1. The lowest BCUT2D eigenvalue weighted by Gasteiger charge is -2.30. The van der Waals surface area contributed by atoms with Crippen molar-refractivity contribution in [2.45, 2.75) is 0 Å². The molecule has 0 unspecified atom stereocenters. The van der Waals surface area contributed by atoms with E-state index in [-0.39, 0.29) is 17.6 Å². The first-order chi connectivity index (χ1) is 7.18. The smallest absolute Gasteiger partial charge is 0.232 e. The molecule has 4 heteroatoms. The Balaban J connectivity index is 2.09. The molecular formula is C11H13FN2O. The number of carbonyl (C=O) groups excluding carboxylic acids is 1. The quantitative estimate of drug-likeness (QED) is 0.786. The van der Waals surface area contributed by atoms with Crippen molar-refractivity contribution in [1.82, 2.24) is 5.32 Å². The highest BCUT2D eigenvalue weighted by molar-refractivity contribution is 5.95. The Morgan fingerprint density at radius 2 is 2.00 bits per heavy atom. The van der Waals surface area contributed by atoms with Crippen LogP contribution in [0.3, 0.4) is 0 Å². The van der Waals surface area contributed by atoms with Crippen LogP contribution in [-0.4, -0.2) is 26.0 Å². The number of nitrogens with zero attached hydrogens (tertiary/aromatic N) is 1. The largest absolute Gasteiger partial charge is 0.315 e. The van der Waals surface area contributed by atoms with Crippen LogP contribution < -0.4 is 10.2 Å². The second-order valence-electron chi connectivity index (χ2n) is 3.73. The maximum absolute atomic E-state index is 12.7. The van der Waals surface area contributed by atoms with Crippen molar-refractivity contribution < 1.29 is 9.18 Å². The van der Waals surface area contributed by atoms with Gasteiger partial charge in [0.2, 0.25) is 5.91 Å². The van der Waals surface area contributed by atoms with Crippen LogP contribution in [0.25, 0.3) is 0 Å². The summed E-state index contributed by atoms with van der Waals surface area (Å²) in [5.74, 6) is -0.134. The molecule has 3 nitrogen and oxygen atoms in total. The molecule has 0 saturated carbocycles. The summed E-state index contributed by atoms with van der Waals surface area (Å²) in [5, 5.41) is 3.05. The molecule has 80 valence electrons. The van der Waals surface area contributed by atoms with Gasteiger partial charge in [0.05, 0.1) is 5.92 Å². The van der Waals surface area contributed by atoms with Crippen molar-refractivity contribution in [2.24, 2.45) is 5.92 Å². The van der Waals surface area contributed by atoms with Crippen molar-refractivity contribution in [2.75, 3.05) is 25.0 Å². The van der Waals surface area contributed by atoms with Crippen LogP contribution in [0.4, 0.5) is 10.1 Å². The highest BCUT2D eigenvalue weighted by Crippen LogP contribution is 2.17. The van der Waals surface area contributed by atoms with Gasteiger partial charge in [0.25, 0.3) is 0 Å². The fraction of sp³-hybridized carbons (Fsp3) is 0.364. The zero-order valence-electron chi connectivity index (χ0n) is 8.53. The average molecular weight is 208 g/mol. The summed E-state index contributed by atoms with van der Waals surface area (Å²) in [7, 11) is 1.72. The molecule has 0 aromatic heterocycles. The van der Waals surface area contributed by atoms with Crippen molar-refractivity contribution >= 4 is 11.6 Å². The SMILES string of the molecule is CN(C(=O)C1CNC1)c1ccc(F)cc1. The van der Waals surface area contributed by atoms with Crippen molar-refractivity contribution in [3.8, 4) is 0 Å². The molecule has 1 amide bonds. The first kappa shape index (κ1) is 10.1. The zero-order valence-corrected chi connectivity index (χ0v) is 8.53. The minimum absolute atomic E-state index is 0.0695. The standard InChI is InChI=1S/C11H13FN2O/c1-14(11(15)8-6-13-7-8)10-4-2-9(12)3-5-10/h2-5,8,13H,6-7H2,1H3. The molecule has 1 aromatic rings. The van der Waals surface area contributed by atoms with Crippen LogP contribution in [0, 0.1) is 11.7 Å². The second kappa shape index (κ2) is 3.98. The molecule has 0 spiro atoms. The van der Waals surface area contributed by atoms with E-state index >= 15 is 0 Å². The lowest BCUT2D eigenvalue weighted by molar-refractivity contribution is -0.123. The predicted octanol–water partition coefficient (Wildman–Crippen LogP) is 1.01. The van der Waals surface area contributed by atoms with Crippen LogP contribution >= 0.6 is 0 Å². The Bertz CT molecular complexity index is 359. The van der Waals surface area contributed by atoms with E-state index in [9.17, 15) is 9.18 Å². The van der Waals surface area contributed by atoms with Gasteiger partial charge in [-0.2, -0.15) is 0 Å². The number of hydrogen-bond acceptors (Lipinski definition) is 2. The Kier molecular flexibility index (Phi) is 2.68. The molecule has 1 saturated heterocycles. The van der Waals surface area contributed by atoms with Gasteiger partial charge in [-0.15, -0.1) is 0 Å². The van der Waals surface area contributed by atoms with Gasteiger partial charge in [-0.25, -0.2) is 4.39 Å². The molecule has 2 rings (SSSR count). The fourth-order valence-corrected chi connectivity index (χ4v) is 1.53. The van der Waals surface area contributed by atoms with E-state index in [0.717, 1.165) is 18.8 Å². The first-order valence-electron chi connectivity index (χ1n) is 4.92. The fourth-order valence-electron chi connectivity index (χ4n) is 1.53. The third-order valence-electron chi connectivity index (χ3n) is 2.68. The Morgan fingerprint density at radius 1 is 1.40 bits per heavy atom. The molecule has 1 fully saturated rings. The summed E-state index contributed by atoms with van der Waals surface area (Å²) in [6, 6.07) is 5.94. The average Bonchev–Trinajstić information content (AvgIpc) is 2.15. The third-order valence-corrected chi connectivity index (χ3v) is 2.68. The predicted molar refractivity (Wildman–Crippen MR) is 56.2 cm³/mol. The van der Waals surface area contributed by atoms with Gasteiger partial charge in [-0.3, -0.25) is 4.79 Å². The molecule has 0 bridgehead atoms. The number of nitrogens with one attached hydrogen (secondary N) is 1. The number of amides is 1. The lowest BCUT2D eigenvalue weighted by Crippen LogP contribution is -2.51. The minimum Gasteiger partial charge on any atom is -0.315 e. The molecule has 15 heavy (non-hydrogen) atoms. The minimum atomic E-state index is -0.287. The molecular weight excluding hydrogens is 195 g/mol. The highest BCUT2D eigenvalue weighted by Gasteiger charge is 2.27. The Hall–Kier alpha value is -1.42. The Labute approximate surface area is 87.9 Å². The van der Waals surface area contributed by atoms with Crippen LogP contribution in [0.15, 0.2) is 24.3 Å². The highest BCUT2D eigenvalue weighted by atomic mass is 19.1. The molecule has 0 aliphatic carbocycles. The molecule has 1 heterocycles. The lowest BCUT2D eigenvalue weighted by atomic mass is 10.0. The van der Waals surface area contributed by atoms with E-state index in [1.165, 1.54) is 12.1 Å². The summed E-state index contributed by atoms with van der Waals surface area (Å²) in [4.78, 5) is 13.4. The molecule has 1 aliphatic rings. The van der Waals surface area contributed by atoms with Crippen LogP contribution in [0.5, 0.6) is 0 Å². The number of benzene rings is 1. The first-order valence-corrected chi connectivity index (χ1v) is 4.92. The van der Waals surface area contributed by atoms with Gasteiger partial charge >= 0.3 is 0 Å². The topological polar surface area (TPSA) is 32.3 Å². The summed E-state index contributed by atoms with van der Waals surface area (Å²) >= 11 is 0. The van der Waals surface area contributed by atoms with Crippen LogP contribution in [-0.2, 0) is 4.79 Å². The van der Waals surface area contributed by atoms with E-state index in [1.54, 1.807) is 24.1 Å². The van der Waals surface area contributed by atoms with Gasteiger partial charge < -0.3 is 10.2 Å². The summed E-state index contributed by atoms with van der Waals surface area (Å²) in [6.45, 7) is 1.48. The summed E-state index contributed by atoms with van der Waals surface area (Å²) in [6.07, 6.45) is 0. The van der Waals surface area contributed by atoms with Gasteiger partial charge in [0.15, 0.2) is 0 Å². The molecule has 1 N–H and O–H groups in total. The van der Waals surface area contributed by atoms with Gasteiger partial charge in [-0.1, -0.05) is 0 Å². The monoisotopic (exact) mass is 208 g/mol. The number of carbonyl (C=O) groups is 1. The van der Waals surface area contributed by atoms with E-state index in [0.29, 0.717) is 0 Å². The van der Waals surface area contributed by atoms with E-state index in [4.69, 9.17) is 0 Å². The van der Waals surface area contributed by atoms with Gasteiger partial charge in [0.1, 0.15) is 5.82 Å². The molecule has 0 atom stereocenters. The van der Waals surface area contributed by atoms with E-state index in [1.807, 2.05) is 0 Å². The molecule has 0 radical (unpaired) electrons. The van der Waals surface area contributed by atoms with Crippen LogP contribution in [0.2, 0.25) is 0 Å². The van der Waals surface area contributed by atoms with Gasteiger partial charge in [0, 0.05) is 25.8 Å². The van der Waals surface area contributed by atoms with Crippen molar-refractivity contribution in [3.05, 3.63) is 30.1 Å². The number of hydrogen-bond donors (Lipinski definition) is 1. The van der Waals surface area contributed by atoms with E-state index < -0.39 is 0 Å².